The van der Waals surface area contributed by atoms with E-state index in [0.717, 1.165) is 19.4 Å². The molecule has 0 bridgehead atoms. The van der Waals surface area contributed by atoms with E-state index in [-0.39, 0.29) is 0 Å². The van der Waals surface area contributed by atoms with Crippen molar-refractivity contribution in [2.24, 2.45) is 11.8 Å². The SMILES string of the molecule is CNC(C1=COCCC1)C1C(C)OC(C)C1C. The van der Waals surface area contributed by atoms with Gasteiger partial charge < -0.3 is 14.8 Å². The molecule has 1 saturated heterocycles. The van der Waals surface area contributed by atoms with Gasteiger partial charge in [-0.25, -0.2) is 0 Å². The molecule has 0 saturated carbocycles. The third kappa shape index (κ3) is 2.50. The van der Waals surface area contributed by atoms with Gasteiger partial charge in [0.1, 0.15) is 0 Å². The van der Waals surface area contributed by atoms with E-state index in [1.54, 1.807) is 0 Å². The first-order valence-corrected chi connectivity index (χ1v) is 6.78. The Morgan fingerprint density at radius 3 is 2.53 bits per heavy atom. The van der Waals surface area contributed by atoms with Crippen molar-refractivity contribution in [3.63, 3.8) is 0 Å². The molecule has 3 nitrogen and oxygen atoms in total. The van der Waals surface area contributed by atoms with Crippen LogP contribution in [0.4, 0.5) is 0 Å². The minimum absolute atomic E-state index is 0.320. The summed E-state index contributed by atoms with van der Waals surface area (Å²) in [6.45, 7) is 7.54. The Bertz CT molecular complexity index is 290. The normalized spacial score (nSPS) is 39.6. The summed E-state index contributed by atoms with van der Waals surface area (Å²) >= 11 is 0. The van der Waals surface area contributed by atoms with Crippen LogP contribution in [0.15, 0.2) is 11.8 Å². The maximum atomic E-state index is 5.95. The van der Waals surface area contributed by atoms with Crippen LogP contribution < -0.4 is 5.32 Å². The van der Waals surface area contributed by atoms with E-state index in [2.05, 4.69) is 26.1 Å². The van der Waals surface area contributed by atoms with Gasteiger partial charge in [-0.3, -0.25) is 0 Å². The van der Waals surface area contributed by atoms with Gasteiger partial charge in [0.25, 0.3) is 0 Å². The van der Waals surface area contributed by atoms with Gasteiger partial charge in [0.15, 0.2) is 0 Å². The smallest absolute Gasteiger partial charge is 0.0876 e. The van der Waals surface area contributed by atoms with Crippen molar-refractivity contribution in [3.05, 3.63) is 11.8 Å². The lowest BCUT2D eigenvalue weighted by atomic mass is 9.79. The molecular formula is C14H25NO2. The molecule has 17 heavy (non-hydrogen) atoms. The molecule has 0 radical (unpaired) electrons. The van der Waals surface area contributed by atoms with Crippen LogP contribution in [0.1, 0.15) is 33.6 Å². The third-order valence-corrected chi connectivity index (χ3v) is 4.38. The number of ether oxygens (including phenoxy) is 2. The zero-order valence-electron chi connectivity index (χ0n) is 11.4. The first kappa shape index (κ1) is 12.9. The van der Waals surface area contributed by atoms with Crippen LogP contribution in [-0.4, -0.2) is 31.9 Å². The van der Waals surface area contributed by atoms with Crippen LogP contribution in [0.25, 0.3) is 0 Å². The molecule has 98 valence electrons. The first-order chi connectivity index (χ1) is 8.15. The third-order valence-electron chi connectivity index (χ3n) is 4.38. The molecule has 5 atom stereocenters. The Hall–Kier alpha value is -0.540. The summed E-state index contributed by atoms with van der Waals surface area (Å²) in [4.78, 5) is 0. The van der Waals surface area contributed by atoms with Crippen molar-refractivity contribution in [1.82, 2.24) is 5.32 Å². The van der Waals surface area contributed by atoms with Crippen molar-refractivity contribution in [1.29, 1.82) is 0 Å². The summed E-state index contributed by atoms with van der Waals surface area (Å²) in [6.07, 6.45) is 4.93. The van der Waals surface area contributed by atoms with Gasteiger partial charge in [-0.15, -0.1) is 0 Å². The molecule has 0 aliphatic carbocycles. The second kappa shape index (κ2) is 5.40. The van der Waals surface area contributed by atoms with E-state index in [0.29, 0.717) is 30.1 Å². The lowest BCUT2D eigenvalue weighted by Gasteiger charge is -2.32. The van der Waals surface area contributed by atoms with Crippen LogP contribution in [0, 0.1) is 11.8 Å². The number of nitrogens with one attached hydrogen (secondary N) is 1. The molecule has 0 aromatic carbocycles. The van der Waals surface area contributed by atoms with Crippen molar-refractivity contribution < 1.29 is 9.47 Å². The van der Waals surface area contributed by atoms with Gasteiger partial charge in [-0.1, -0.05) is 6.92 Å². The summed E-state index contributed by atoms with van der Waals surface area (Å²) in [5.74, 6) is 1.13. The van der Waals surface area contributed by atoms with Gasteiger partial charge in [0, 0.05) is 12.0 Å². The number of hydrogen-bond donors (Lipinski definition) is 1. The fourth-order valence-corrected chi connectivity index (χ4v) is 3.31. The molecule has 1 N–H and O–H groups in total. The van der Waals surface area contributed by atoms with Crippen molar-refractivity contribution in [3.8, 4) is 0 Å². The Balaban J connectivity index is 2.14. The highest BCUT2D eigenvalue weighted by Gasteiger charge is 2.42. The maximum Gasteiger partial charge on any atom is 0.0876 e. The Kier molecular flexibility index (Phi) is 4.10. The second-order valence-corrected chi connectivity index (χ2v) is 5.42. The molecule has 3 heteroatoms. The van der Waals surface area contributed by atoms with Crippen LogP contribution >= 0.6 is 0 Å². The molecule has 0 amide bonds. The zero-order valence-corrected chi connectivity index (χ0v) is 11.4. The topological polar surface area (TPSA) is 30.5 Å². The van der Waals surface area contributed by atoms with E-state index in [9.17, 15) is 0 Å². The highest BCUT2D eigenvalue weighted by atomic mass is 16.5. The quantitative estimate of drug-likeness (QED) is 0.820. The van der Waals surface area contributed by atoms with Gasteiger partial charge in [-0.05, 0) is 45.2 Å². The molecule has 0 spiro atoms. The minimum Gasteiger partial charge on any atom is -0.501 e. The minimum atomic E-state index is 0.320. The van der Waals surface area contributed by atoms with Crippen LogP contribution in [0.2, 0.25) is 0 Å². The number of likely N-dealkylation sites (N-methyl/N-ethyl adjacent to an activating group) is 1. The van der Waals surface area contributed by atoms with E-state index in [1.807, 2.05) is 13.3 Å². The molecule has 1 fully saturated rings. The monoisotopic (exact) mass is 239 g/mol. The predicted molar refractivity (Wildman–Crippen MR) is 68.8 cm³/mol. The van der Waals surface area contributed by atoms with Gasteiger partial charge in [0.05, 0.1) is 25.1 Å². The Morgan fingerprint density at radius 1 is 1.29 bits per heavy atom. The molecule has 2 aliphatic rings. The largest absolute Gasteiger partial charge is 0.501 e. The maximum absolute atomic E-state index is 5.95. The van der Waals surface area contributed by atoms with E-state index in [1.165, 1.54) is 5.57 Å². The molecule has 2 rings (SSSR count). The van der Waals surface area contributed by atoms with E-state index >= 15 is 0 Å². The fourth-order valence-electron chi connectivity index (χ4n) is 3.31. The summed E-state index contributed by atoms with van der Waals surface area (Å²) in [6, 6.07) is 0.394. The lowest BCUT2D eigenvalue weighted by molar-refractivity contribution is 0.0486. The fraction of sp³-hybridized carbons (Fsp3) is 0.857. The van der Waals surface area contributed by atoms with Crippen LogP contribution in [-0.2, 0) is 9.47 Å². The molecular weight excluding hydrogens is 214 g/mol. The van der Waals surface area contributed by atoms with Gasteiger partial charge in [0.2, 0.25) is 0 Å². The standard InChI is InChI=1S/C14H25NO2/c1-9-10(2)17-11(3)13(9)14(15-4)12-6-5-7-16-8-12/h8-11,13-15H,5-7H2,1-4H3. The average Bonchev–Trinajstić information content (AvgIpc) is 2.58. The predicted octanol–water partition coefficient (Wildman–Crippen LogP) is 2.33. The Morgan fingerprint density at radius 2 is 2.06 bits per heavy atom. The first-order valence-electron chi connectivity index (χ1n) is 6.78. The summed E-state index contributed by atoms with van der Waals surface area (Å²) in [7, 11) is 2.04. The Labute approximate surface area is 105 Å². The molecule has 2 heterocycles. The summed E-state index contributed by atoms with van der Waals surface area (Å²) in [5, 5.41) is 3.47. The summed E-state index contributed by atoms with van der Waals surface area (Å²) < 4.78 is 11.4. The van der Waals surface area contributed by atoms with Crippen LogP contribution in [0.5, 0.6) is 0 Å². The molecule has 5 unspecified atom stereocenters. The molecule has 2 aliphatic heterocycles. The van der Waals surface area contributed by atoms with Crippen molar-refractivity contribution in [2.45, 2.75) is 51.9 Å². The van der Waals surface area contributed by atoms with Crippen molar-refractivity contribution >= 4 is 0 Å². The van der Waals surface area contributed by atoms with Crippen LogP contribution in [0.3, 0.4) is 0 Å². The van der Waals surface area contributed by atoms with Gasteiger partial charge >= 0.3 is 0 Å². The molecule has 0 aromatic rings. The zero-order chi connectivity index (χ0) is 12.4. The lowest BCUT2D eigenvalue weighted by Crippen LogP contribution is -2.42. The van der Waals surface area contributed by atoms with E-state index < -0.39 is 0 Å². The number of hydrogen-bond acceptors (Lipinski definition) is 3. The average molecular weight is 239 g/mol. The van der Waals surface area contributed by atoms with Gasteiger partial charge in [-0.2, -0.15) is 0 Å². The highest BCUT2D eigenvalue weighted by Crippen LogP contribution is 2.37. The molecule has 0 aromatic heterocycles. The second-order valence-electron chi connectivity index (χ2n) is 5.42. The summed E-state index contributed by atoms with van der Waals surface area (Å²) in [5.41, 5.74) is 1.40. The number of rotatable bonds is 3. The van der Waals surface area contributed by atoms with E-state index in [4.69, 9.17) is 9.47 Å². The highest BCUT2D eigenvalue weighted by molar-refractivity contribution is 5.14. The van der Waals surface area contributed by atoms with Crippen molar-refractivity contribution in [2.75, 3.05) is 13.7 Å².